The number of likely N-dealkylation sites (N-methyl/N-ethyl adjacent to an activating group) is 2. The molecule has 1 saturated heterocycles. The molecule has 0 bridgehead atoms. The van der Waals surface area contributed by atoms with E-state index < -0.39 is 0 Å². The van der Waals surface area contributed by atoms with Crippen LogP contribution < -0.4 is 9.64 Å². The van der Waals surface area contributed by atoms with Gasteiger partial charge >= 0.3 is 6.09 Å². The maximum Gasteiger partial charge on any atom is 0.414 e. The molecule has 5 nitrogen and oxygen atoms in total. The Morgan fingerprint density at radius 3 is 2.76 bits per heavy atom. The van der Waals surface area contributed by atoms with E-state index in [1.807, 2.05) is 12.1 Å². The summed E-state index contributed by atoms with van der Waals surface area (Å²) in [6.07, 6.45) is 1.16. The zero-order chi connectivity index (χ0) is 15.4. The number of hydrogen-bond donors (Lipinski definition) is 0. The van der Waals surface area contributed by atoms with Crippen LogP contribution in [0.3, 0.4) is 0 Å². The van der Waals surface area contributed by atoms with Crippen molar-refractivity contribution in [1.82, 2.24) is 9.80 Å². The van der Waals surface area contributed by atoms with Crippen LogP contribution in [0.5, 0.6) is 5.75 Å². The lowest BCUT2D eigenvalue weighted by Crippen LogP contribution is -2.45. The highest BCUT2D eigenvalue weighted by atomic mass is 16.6. The summed E-state index contributed by atoms with van der Waals surface area (Å²) in [5.74, 6) is 0.622. The number of fused-ring (bicyclic) bond motifs is 3. The molecule has 3 rings (SSSR count). The van der Waals surface area contributed by atoms with Gasteiger partial charge in [0.25, 0.3) is 0 Å². The molecule has 2 heterocycles. The van der Waals surface area contributed by atoms with Gasteiger partial charge in [-0.2, -0.15) is 0 Å². The maximum absolute atomic E-state index is 11.7. The Morgan fingerprint density at radius 2 is 2.10 bits per heavy atom. The molecule has 1 amide bonds. The van der Waals surface area contributed by atoms with Crippen molar-refractivity contribution in [1.29, 1.82) is 0 Å². The summed E-state index contributed by atoms with van der Waals surface area (Å²) in [5.41, 5.74) is 2.61. The Hall–Kier alpha value is -1.75. The van der Waals surface area contributed by atoms with Crippen LogP contribution in [-0.4, -0.2) is 56.8 Å². The van der Waals surface area contributed by atoms with E-state index >= 15 is 0 Å². The number of carbonyl (C=O) groups is 1. The molecule has 0 aromatic heterocycles. The highest BCUT2D eigenvalue weighted by Crippen LogP contribution is 2.51. The van der Waals surface area contributed by atoms with Gasteiger partial charge in [0.15, 0.2) is 0 Å². The van der Waals surface area contributed by atoms with Crippen LogP contribution in [0, 0.1) is 0 Å². The van der Waals surface area contributed by atoms with Crippen molar-refractivity contribution in [2.75, 3.05) is 39.6 Å². The monoisotopic (exact) mass is 289 g/mol. The van der Waals surface area contributed by atoms with E-state index in [4.69, 9.17) is 4.74 Å². The van der Waals surface area contributed by atoms with Crippen molar-refractivity contribution < 1.29 is 9.53 Å². The van der Waals surface area contributed by atoms with Crippen molar-refractivity contribution >= 4 is 11.8 Å². The normalized spacial score (nSPS) is 27.5. The first-order valence-electron chi connectivity index (χ1n) is 7.31. The summed E-state index contributed by atoms with van der Waals surface area (Å²) >= 11 is 0. The highest BCUT2D eigenvalue weighted by molar-refractivity contribution is 5.72. The van der Waals surface area contributed by atoms with E-state index in [9.17, 15) is 4.79 Å². The van der Waals surface area contributed by atoms with Gasteiger partial charge < -0.3 is 14.5 Å². The molecule has 2 aliphatic heterocycles. The molecule has 114 valence electrons. The average Bonchev–Trinajstić information content (AvgIpc) is 2.85. The van der Waals surface area contributed by atoms with Gasteiger partial charge in [0.1, 0.15) is 5.75 Å². The fraction of sp³-hybridized carbons (Fsp3) is 0.562. The highest BCUT2D eigenvalue weighted by Gasteiger charge is 2.52. The summed E-state index contributed by atoms with van der Waals surface area (Å²) in [6, 6.07) is 5.97. The molecule has 21 heavy (non-hydrogen) atoms. The zero-order valence-electron chi connectivity index (χ0n) is 13.4. The Kier molecular flexibility index (Phi) is 3.13. The topological polar surface area (TPSA) is 36.0 Å². The van der Waals surface area contributed by atoms with Crippen LogP contribution in [0.15, 0.2) is 18.2 Å². The molecule has 0 spiro atoms. The van der Waals surface area contributed by atoms with E-state index in [0.717, 1.165) is 13.0 Å². The van der Waals surface area contributed by atoms with E-state index in [-0.39, 0.29) is 11.5 Å². The summed E-state index contributed by atoms with van der Waals surface area (Å²) in [7, 11) is 7.69. The summed E-state index contributed by atoms with van der Waals surface area (Å²) < 4.78 is 5.41. The van der Waals surface area contributed by atoms with Gasteiger partial charge in [-0.3, -0.25) is 4.90 Å². The number of hydrogen-bond acceptors (Lipinski definition) is 4. The van der Waals surface area contributed by atoms with Crippen LogP contribution in [-0.2, 0) is 5.41 Å². The summed E-state index contributed by atoms with van der Waals surface area (Å²) in [6.45, 7) is 3.40. The van der Waals surface area contributed by atoms with Gasteiger partial charge in [-0.25, -0.2) is 4.79 Å². The lowest BCUT2D eigenvalue weighted by molar-refractivity contribution is 0.172. The number of carbonyl (C=O) groups excluding carboxylic acids is 1. The van der Waals surface area contributed by atoms with E-state index in [0.29, 0.717) is 11.9 Å². The van der Waals surface area contributed by atoms with Crippen molar-refractivity contribution in [3.05, 3.63) is 23.8 Å². The second kappa shape index (κ2) is 4.63. The minimum atomic E-state index is -0.341. The van der Waals surface area contributed by atoms with E-state index in [2.05, 4.69) is 36.9 Å². The molecule has 1 fully saturated rings. The number of anilines is 1. The predicted molar refractivity (Wildman–Crippen MR) is 82.9 cm³/mol. The maximum atomic E-state index is 11.7. The molecule has 0 unspecified atom stereocenters. The van der Waals surface area contributed by atoms with Crippen LogP contribution in [0.4, 0.5) is 10.5 Å². The minimum Gasteiger partial charge on any atom is -0.410 e. The number of rotatable bonds is 1. The fourth-order valence-corrected chi connectivity index (χ4v) is 3.81. The molecule has 1 aromatic rings. The third kappa shape index (κ3) is 1.99. The number of amides is 1. The quantitative estimate of drug-likeness (QED) is 0.793. The van der Waals surface area contributed by atoms with Crippen molar-refractivity contribution in [3.8, 4) is 5.75 Å². The molecule has 0 N–H and O–H groups in total. The average molecular weight is 289 g/mol. The largest absolute Gasteiger partial charge is 0.414 e. The number of benzene rings is 1. The van der Waals surface area contributed by atoms with Gasteiger partial charge in [0.2, 0.25) is 0 Å². The number of likely N-dealkylation sites (tertiary alicyclic amines) is 1. The van der Waals surface area contributed by atoms with Gasteiger partial charge in [-0.05, 0) is 37.2 Å². The molecule has 0 saturated carbocycles. The number of nitrogens with zero attached hydrogens (tertiary/aromatic N) is 3. The molecule has 1 aromatic carbocycles. The van der Waals surface area contributed by atoms with Crippen molar-refractivity contribution in [2.24, 2.45) is 0 Å². The fourth-order valence-electron chi connectivity index (χ4n) is 3.81. The van der Waals surface area contributed by atoms with Crippen LogP contribution in [0.1, 0.15) is 18.9 Å². The Balaban J connectivity index is 1.97. The Labute approximate surface area is 126 Å². The predicted octanol–water partition coefficient (Wildman–Crippen LogP) is 2.12. The standard InChI is InChI=1S/C16H23N3O2/c1-16-8-9-18(4)14(16)19(5)13-7-6-11(10-12(13)16)21-15(20)17(2)3/h6-7,10,14H,8-9H2,1-5H3/t14-,16+/m0/s1. The summed E-state index contributed by atoms with van der Waals surface area (Å²) in [4.78, 5) is 17.9. The third-order valence-electron chi connectivity index (χ3n) is 4.87. The first-order valence-corrected chi connectivity index (χ1v) is 7.31. The molecular weight excluding hydrogens is 266 g/mol. The van der Waals surface area contributed by atoms with E-state index in [1.54, 1.807) is 14.1 Å². The summed E-state index contributed by atoms with van der Waals surface area (Å²) in [5, 5.41) is 0. The smallest absolute Gasteiger partial charge is 0.410 e. The van der Waals surface area contributed by atoms with Gasteiger partial charge in [0, 0.05) is 38.8 Å². The molecule has 2 atom stereocenters. The molecular formula is C16H23N3O2. The Bertz CT molecular complexity index is 587. The van der Waals surface area contributed by atoms with Crippen molar-refractivity contribution in [3.63, 3.8) is 0 Å². The van der Waals surface area contributed by atoms with E-state index in [1.165, 1.54) is 16.2 Å². The zero-order valence-corrected chi connectivity index (χ0v) is 13.4. The molecule has 5 heteroatoms. The van der Waals surface area contributed by atoms with Gasteiger partial charge in [-0.15, -0.1) is 0 Å². The number of ether oxygens (including phenoxy) is 1. The molecule has 0 radical (unpaired) electrons. The van der Waals surface area contributed by atoms with Crippen molar-refractivity contribution in [2.45, 2.75) is 24.9 Å². The lowest BCUT2D eigenvalue weighted by atomic mass is 9.81. The third-order valence-corrected chi connectivity index (χ3v) is 4.87. The van der Waals surface area contributed by atoms with Crippen LogP contribution in [0.25, 0.3) is 0 Å². The Morgan fingerprint density at radius 1 is 1.38 bits per heavy atom. The molecule has 2 aliphatic rings. The minimum absolute atomic E-state index is 0.0966. The first kappa shape index (κ1) is 14.2. The van der Waals surface area contributed by atoms with Gasteiger partial charge in [-0.1, -0.05) is 6.92 Å². The SMILES string of the molecule is CN(C)C(=O)Oc1ccc2c(c1)[C@@]1(C)CCN(C)[C@H]1N2C. The lowest BCUT2D eigenvalue weighted by Gasteiger charge is -2.32. The van der Waals surface area contributed by atoms with Gasteiger partial charge in [0.05, 0.1) is 6.17 Å². The van der Waals surface area contributed by atoms with Crippen LogP contribution >= 0.6 is 0 Å². The first-order chi connectivity index (χ1) is 9.84. The second-order valence-electron chi connectivity index (χ2n) is 6.57. The molecule has 0 aliphatic carbocycles. The van der Waals surface area contributed by atoms with Crippen LogP contribution in [0.2, 0.25) is 0 Å². The second-order valence-corrected chi connectivity index (χ2v) is 6.57.